The van der Waals surface area contributed by atoms with Crippen molar-refractivity contribution in [2.24, 2.45) is 0 Å². The van der Waals surface area contributed by atoms with E-state index in [4.69, 9.17) is 4.42 Å². The second kappa shape index (κ2) is 5.36. The predicted octanol–water partition coefficient (Wildman–Crippen LogP) is 1.84. The monoisotopic (exact) mass is 236 g/mol. The molecule has 1 aromatic rings. The number of rotatable bonds is 3. The molecule has 0 bridgehead atoms. The van der Waals surface area contributed by atoms with Crippen LogP contribution in [0, 0.1) is 0 Å². The van der Waals surface area contributed by atoms with Crippen molar-refractivity contribution in [1.29, 1.82) is 0 Å². The summed E-state index contributed by atoms with van der Waals surface area (Å²) in [6, 6.07) is 4.09. The molecule has 2 heterocycles. The van der Waals surface area contributed by atoms with E-state index in [1.807, 2.05) is 4.90 Å². The van der Waals surface area contributed by atoms with Gasteiger partial charge in [-0.3, -0.25) is 9.69 Å². The van der Waals surface area contributed by atoms with Gasteiger partial charge in [0.25, 0.3) is 5.91 Å². The van der Waals surface area contributed by atoms with E-state index in [1.165, 1.54) is 0 Å². The summed E-state index contributed by atoms with van der Waals surface area (Å²) in [5.74, 6) is 0.459. The lowest BCUT2D eigenvalue weighted by atomic mass is 10.2. The van der Waals surface area contributed by atoms with Gasteiger partial charge in [0.1, 0.15) is 0 Å². The van der Waals surface area contributed by atoms with Crippen molar-refractivity contribution in [2.45, 2.75) is 26.3 Å². The van der Waals surface area contributed by atoms with Crippen LogP contribution >= 0.6 is 0 Å². The summed E-state index contributed by atoms with van der Waals surface area (Å²) in [6.07, 6.45) is 2.70. The maximum Gasteiger partial charge on any atom is 0.289 e. The Balaban J connectivity index is 1.89. The van der Waals surface area contributed by atoms with Crippen molar-refractivity contribution in [1.82, 2.24) is 9.80 Å². The van der Waals surface area contributed by atoms with E-state index in [-0.39, 0.29) is 5.91 Å². The maximum atomic E-state index is 12.0. The van der Waals surface area contributed by atoms with Crippen molar-refractivity contribution in [3.8, 4) is 0 Å². The highest BCUT2D eigenvalue weighted by Gasteiger charge is 2.25. The summed E-state index contributed by atoms with van der Waals surface area (Å²) < 4.78 is 5.14. The van der Waals surface area contributed by atoms with Gasteiger partial charge in [-0.05, 0) is 25.5 Å². The Labute approximate surface area is 102 Å². The second-order valence-electron chi connectivity index (χ2n) is 4.56. The highest BCUT2D eigenvalue weighted by Crippen LogP contribution is 2.12. The van der Waals surface area contributed by atoms with Gasteiger partial charge in [0.05, 0.1) is 6.26 Å². The SMILES string of the molecule is CCC(C)N1CCN(C(=O)c2ccco2)CC1. The van der Waals surface area contributed by atoms with E-state index in [0.717, 1.165) is 32.6 Å². The van der Waals surface area contributed by atoms with Crippen LogP contribution in [0.5, 0.6) is 0 Å². The molecular weight excluding hydrogens is 216 g/mol. The Bertz CT molecular complexity index is 354. The summed E-state index contributed by atoms with van der Waals surface area (Å²) in [5, 5.41) is 0. The normalized spacial score (nSPS) is 19.3. The zero-order chi connectivity index (χ0) is 12.3. The van der Waals surface area contributed by atoms with Crippen LogP contribution in [0.3, 0.4) is 0 Å². The molecule has 1 aromatic heterocycles. The minimum atomic E-state index is 0.0128. The number of piperazine rings is 1. The number of hydrogen-bond acceptors (Lipinski definition) is 3. The molecule has 1 amide bonds. The van der Waals surface area contributed by atoms with Crippen molar-refractivity contribution in [3.63, 3.8) is 0 Å². The van der Waals surface area contributed by atoms with E-state index in [1.54, 1.807) is 18.4 Å². The van der Waals surface area contributed by atoms with Crippen LogP contribution in [-0.4, -0.2) is 47.9 Å². The van der Waals surface area contributed by atoms with Crippen LogP contribution in [0.25, 0.3) is 0 Å². The predicted molar refractivity (Wildman–Crippen MR) is 65.9 cm³/mol. The van der Waals surface area contributed by atoms with Crippen molar-refractivity contribution in [3.05, 3.63) is 24.2 Å². The minimum absolute atomic E-state index is 0.0128. The number of carbonyl (C=O) groups is 1. The number of furan rings is 1. The molecule has 1 fully saturated rings. The van der Waals surface area contributed by atoms with Gasteiger partial charge in [-0.25, -0.2) is 0 Å². The fourth-order valence-corrected chi connectivity index (χ4v) is 2.18. The average Bonchev–Trinajstić information content (AvgIpc) is 2.91. The minimum Gasteiger partial charge on any atom is -0.459 e. The van der Waals surface area contributed by atoms with E-state index in [9.17, 15) is 4.79 Å². The molecular formula is C13H20N2O2. The Morgan fingerprint density at radius 1 is 1.41 bits per heavy atom. The van der Waals surface area contributed by atoms with Crippen LogP contribution < -0.4 is 0 Å². The van der Waals surface area contributed by atoms with Crippen LogP contribution in [0.4, 0.5) is 0 Å². The highest BCUT2D eigenvalue weighted by atomic mass is 16.3. The molecule has 1 saturated heterocycles. The first-order chi connectivity index (χ1) is 8.22. The van der Waals surface area contributed by atoms with Gasteiger partial charge in [-0.2, -0.15) is 0 Å². The standard InChI is InChI=1S/C13H20N2O2/c1-3-11(2)14-6-8-15(9-7-14)13(16)12-5-4-10-17-12/h4-5,10-11H,3,6-9H2,1-2H3. The van der Waals surface area contributed by atoms with E-state index < -0.39 is 0 Å². The Morgan fingerprint density at radius 3 is 2.65 bits per heavy atom. The third-order valence-corrected chi connectivity index (χ3v) is 3.55. The molecule has 1 aliphatic heterocycles. The van der Waals surface area contributed by atoms with E-state index in [2.05, 4.69) is 18.7 Å². The number of carbonyl (C=O) groups excluding carboxylic acids is 1. The molecule has 4 nitrogen and oxygen atoms in total. The summed E-state index contributed by atoms with van der Waals surface area (Å²) in [5.41, 5.74) is 0. The molecule has 0 N–H and O–H groups in total. The maximum absolute atomic E-state index is 12.0. The van der Waals surface area contributed by atoms with Crippen LogP contribution in [0.15, 0.2) is 22.8 Å². The Kier molecular flexibility index (Phi) is 3.84. The summed E-state index contributed by atoms with van der Waals surface area (Å²) in [4.78, 5) is 16.3. The van der Waals surface area contributed by atoms with Gasteiger partial charge < -0.3 is 9.32 Å². The zero-order valence-corrected chi connectivity index (χ0v) is 10.6. The molecule has 0 aromatic carbocycles. The Hall–Kier alpha value is -1.29. The number of amides is 1. The molecule has 4 heteroatoms. The van der Waals surface area contributed by atoms with Gasteiger partial charge >= 0.3 is 0 Å². The van der Waals surface area contributed by atoms with Gasteiger partial charge in [-0.1, -0.05) is 6.92 Å². The lowest BCUT2D eigenvalue weighted by molar-refractivity contribution is 0.0551. The van der Waals surface area contributed by atoms with E-state index >= 15 is 0 Å². The van der Waals surface area contributed by atoms with Gasteiger partial charge in [0, 0.05) is 32.2 Å². The largest absolute Gasteiger partial charge is 0.459 e. The molecule has 0 saturated carbocycles. The summed E-state index contributed by atoms with van der Waals surface area (Å²) in [7, 11) is 0. The first kappa shape index (κ1) is 12.2. The lowest BCUT2D eigenvalue weighted by Crippen LogP contribution is -2.51. The lowest BCUT2D eigenvalue weighted by Gasteiger charge is -2.37. The van der Waals surface area contributed by atoms with Crippen molar-refractivity contribution >= 4 is 5.91 Å². The summed E-state index contributed by atoms with van der Waals surface area (Å²) in [6.45, 7) is 7.95. The number of hydrogen-bond donors (Lipinski definition) is 0. The molecule has 1 aliphatic rings. The van der Waals surface area contributed by atoms with Crippen LogP contribution in [-0.2, 0) is 0 Å². The molecule has 17 heavy (non-hydrogen) atoms. The molecule has 0 spiro atoms. The first-order valence-corrected chi connectivity index (χ1v) is 6.29. The molecule has 94 valence electrons. The van der Waals surface area contributed by atoms with Crippen molar-refractivity contribution in [2.75, 3.05) is 26.2 Å². The second-order valence-corrected chi connectivity index (χ2v) is 4.56. The first-order valence-electron chi connectivity index (χ1n) is 6.29. The van der Waals surface area contributed by atoms with E-state index in [0.29, 0.717) is 11.8 Å². The van der Waals surface area contributed by atoms with Gasteiger partial charge in [-0.15, -0.1) is 0 Å². The molecule has 2 rings (SSSR count). The fraction of sp³-hybridized carbons (Fsp3) is 0.615. The molecule has 0 radical (unpaired) electrons. The average molecular weight is 236 g/mol. The van der Waals surface area contributed by atoms with Gasteiger partial charge in [0.15, 0.2) is 5.76 Å². The smallest absolute Gasteiger partial charge is 0.289 e. The van der Waals surface area contributed by atoms with Crippen LogP contribution in [0.1, 0.15) is 30.8 Å². The fourth-order valence-electron chi connectivity index (χ4n) is 2.18. The number of nitrogens with zero attached hydrogens (tertiary/aromatic N) is 2. The van der Waals surface area contributed by atoms with Crippen molar-refractivity contribution < 1.29 is 9.21 Å². The van der Waals surface area contributed by atoms with Crippen LogP contribution in [0.2, 0.25) is 0 Å². The topological polar surface area (TPSA) is 36.7 Å². The zero-order valence-electron chi connectivity index (χ0n) is 10.6. The third kappa shape index (κ3) is 2.69. The summed E-state index contributed by atoms with van der Waals surface area (Å²) >= 11 is 0. The van der Waals surface area contributed by atoms with Gasteiger partial charge in [0.2, 0.25) is 0 Å². The highest BCUT2D eigenvalue weighted by molar-refractivity contribution is 5.91. The molecule has 1 atom stereocenters. The Morgan fingerprint density at radius 2 is 2.12 bits per heavy atom. The third-order valence-electron chi connectivity index (χ3n) is 3.55. The quantitative estimate of drug-likeness (QED) is 0.803. The molecule has 1 unspecified atom stereocenters. The molecule has 0 aliphatic carbocycles.